The van der Waals surface area contributed by atoms with Gasteiger partial charge < -0.3 is 15.2 Å². The van der Waals surface area contributed by atoms with Crippen molar-refractivity contribution in [3.05, 3.63) is 28.1 Å². The summed E-state index contributed by atoms with van der Waals surface area (Å²) in [6, 6.07) is 2.17. The maximum absolute atomic E-state index is 13.7. The average molecular weight is 272 g/mol. The van der Waals surface area contributed by atoms with Crippen LogP contribution >= 0.6 is 0 Å². The summed E-state index contributed by atoms with van der Waals surface area (Å²) in [4.78, 5) is 10.1. The third kappa shape index (κ3) is 3.78. The van der Waals surface area contributed by atoms with Crippen LogP contribution in [0.1, 0.15) is 19.8 Å². The molecule has 0 saturated carbocycles. The standard InChI is InChI=1S/C12H17FN2O4/c1-3-8(4-5-16)14-11-7-9(19-2)6-10(13)12(11)15(17)18/h6-8,14,16H,3-5H2,1-2H3. The lowest BCUT2D eigenvalue weighted by atomic mass is 10.1. The number of rotatable bonds is 7. The Bertz CT molecular complexity index is 454. The maximum atomic E-state index is 13.7. The molecule has 0 aromatic heterocycles. The molecule has 6 nitrogen and oxygen atoms in total. The van der Waals surface area contributed by atoms with E-state index < -0.39 is 16.4 Å². The van der Waals surface area contributed by atoms with E-state index in [2.05, 4.69) is 5.32 Å². The number of anilines is 1. The van der Waals surface area contributed by atoms with E-state index in [-0.39, 0.29) is 24.1 Å². The molecule has 1 atom stereocenters. The molecule has 0 heterocycles. The van der Waals surface area contributed by atoms with Gasteiger partial charge in [-0.15, -0.1) is 0 Å². The molecule has 1 aromatic rings. The Balaban J connectivity index is 3.15. The van der Waals surface area contributed by atoms with E-state index in [4.69, 9.17) is 9.84 Å². The normalized spacial score (nSPS) is 12.0. The zero-order valence-electron chi connectivity index (χ0n) is 10.9. The number of benzene rings is 1. The molecule has 0 spiro atoms. The Morgan fingerprint density at radius 3 is 2.74 bits per heavy atom. The highest BCUT2D eigenvalue weighted by atomic mass is 19.1. The molecule has 7 heteroatoms. The Labute approximate surface area is 110 Å². The summed E-state index contributed by atoms with van der Waals surface area (Å²) in [5.74, 6) is -0.754. The number of halogens is 1. The summed E-state index contributed by atoms with van der Waals surface area (Å²) in [5, 5.41) is 22.7. The predicted octanol–water partition coefficient (Wildman–Crippen LogP) is 2.32. The van der Waals surface area contributed by atoms with Crippen molar-refractivity contribution in [1.29, 1.82) is 0 Å². The fourth-order valence-electron chi connectivity index (χ4n) is 1.74. The zero-order chi connectivity index (χ0) is 14.4. The predicted molar refractivity (Wildman–Crippen MR) is 69.0 cm³/mol. The van der Waals surface area contributed by atoms with Gasteiger partial charge in [-0.3, -0.25) is 10.1 Å². The van der Waals surface area contributed by atoms with E-state index in [1.807, 2.05) is 6.92 Å². The van der Waals surface area contributed by atoms with Crippen LogP contribution in [0.4, 0.5) is 15.8 Å². The first-order valence-corrected chi connectivity index (χ1v) is 5.92. The SMILES string of the molecule is CCC(CCO)Nc1cc(OC)cc(F)c1[N+](=O)[O-]. The third-order valence-corrected chi connectivity index (χ3v) is 2.79. The maximum Gasteiger partial charge on any atom is 0.327 e. The van der Waals surface area contributed by atoms with E-state index in [1.165, 1.54) is 13.2 Å². The number of hydrogen-bond donors (Lipinski definition) is 2. The highest BCUT2D eigenvalue weighted by Gasteiger charge is 2.23. The van der Waals surface area contributed by atoms with Crippen LogP contribution in [0, 0.1) is 15.9 Å². The molecule has 1 aromatic carbocycles. The van der Waals surface area contributed by atoms with Crippen LogP contribution in [-0.2, 0) is 0 Å². The van der Waals surface area contributed by atoms with Crippen molar-refractivity contribution in [2.75, 3.05) is 19.0 Å². The van der Waals surface area contributed by atoms with E-state index in [0.717, 1.165) is 6.07 Å². The minimum absolute atomic E-state index is 0.0498. The number of aliphatic hydroxyl groups excluding tert-OH is 1. The number of nitrogens with zero attached hydrogens (tertiary/aromatic N) is 1. The molecule has 0 fully saturated rings. The number of nitro benzene ring substituents is 1. The summed E-state index contributed by atoms with van der Waals surface area (Å²) >= 11 is 0. The van der Waals surface area contributed by atoms with Crippen LogP contribution in [-0.4, -0.2) is 29.8 Å². The lowest BCUT2D eigenvalue weighted by molar-refractivity contribution is -0.386. The van der Waals surface area contributed by atoms with E-state index >= 15 is 0 Å². The zero-order valence-corrected chi connectivity index (χ0v) is 10.9. The fraction of sp³-hybridized carbons (Fsp3) is 0.500. The fourth-order valence-corrected chi connectivity index (χ4v) is 1.74. The Morgan fingerprint density at radius 1 is 1.58 bits per heavy atom. The van der Waals surface area contributed by atoms with Crippen LogP contribution < -0.4 is 10.1 Å². The quantitative estimate of drug-likeness (QED) is 0.587. The minimum atomic E-state index is -0.953. The van der Waals surface area contributed by atoms with Gasteiger partial charge in [0.15, 0.2) is 0 Å². The van der Waals surface area contributed by atoms with Crippen LogP contribution in [0.2, 0.25) is 0 Å². The molecule has 19 heavy (non-hydrogen) atoms. The first-order chi connectivity index (χ1) is 9.03. The van der Waals surface area contributed by atoms with Gasteiger partial charge in [-0.2, -0.15) is 4.39 Å². The Kier molecular flexibility index (Phi) is 5.50. The molecule has 1 rings (SSSR count). The van der Waals surface area contributed by atoms with Gasteiger partial charge in [0.1, 0.15) is 11.4 Å². The second-order valence-electron chi connectivity index (χ2n) is 4.02. The molecule has 106 valence electrons. The number of nitrogens with one attached hydrogen (secondary N) is 1. The molecule has 0 aliphatic rings. The van der Waals surface area contributed by atoms with Crippen molar-refractivity contribution >= 4 is 11.4 Å². The van der Waals surface area contributed by atoms with Gasteiger partial charge in [-0.25, -0.2) is 0 Å². The number of nitro groups is 1. The van der Waals surface area contributed by atoms with Crippen LogP contribution in [0.3, 0.4) is 0 Å². The van der Waals surface area contributed by atoms with Crippen LogP contribution in [0.5, 0.6) is 5.75 Å². The molecule has 0 amide bonds. The summed E-state index contributed by atoms with van der Waals surface area (Å²) in [7, 11) is 1.36. The number of methoxy groups -OCH3 is 1. The second-order valence-corrected chi connectivity index (χ2v) is 4.02. The van der Waals surface area contributed by atoms with E-state index in [9.17, 15) is 14.5 Å². The number of hydrogen-bond acceptors (Lipinski definition) is 5. The third-order valence-electron chi connectivity index (χ3n) is 2.79. The van der Waals surface area contributed by atoms with Crippen molar-refractivity contribution in [1.82, 2.24) is 0 Å². The molecular weight excluding hydrogens is 255 g/mol. The smallest absolute Gasteiger partial charge is 0.327 e. The summed E-state index contributed by atoms with van der Waals surface area (Å²) in [6.07, 6.45) is 1.07. The molecular formula is C12H17FN2O4. The van der Waals surface area contributed by atoms with Gasteiger partial charge in [-0.1, -0.05) is 6.92 Å². The first kappa shape index (κ1) is 15.2. The highest BCUT2D eigenvalue weighted by molar-refractivity contribution is 5.65. The molecule has 0 saturated heterocycles. The van der Waals surface area contributed by atoms with Gasteiger partial charge in [0.2, 0.25) is 5.82 Å². The number of aliphatic hydroxyl groups is 1. The van der Waals surface area contributed by atoms with Crippen molar-refractivity contribution in [3.8, 4) is 5.75 Å². The molecule has 0 radical (unpaired) electrons. The minimum Gasteiger partial charge on any atom is -0.497 e. The van der Waals surface area contributed by atoms with Crippen molar-refractivity contribution < 1.29 is 19.2 Å². The second kappa shape index (κ2) is 6.89. The first-order valence-electron chi connectivity index (χ1n) is 5.92. The van der Waals surface area contributed by atoms with E-state index in [1.54, 1.807) is 0 Å². The largest absolute Gasteiger partial charge is 0.497 e. The molecule has 0 aliphatic carbocycles. The van der Waals surface area contributed by atoms with Crippen LogP contribution in [0.25, 0.3) is 0 Å². The lowest BCUT2D eigenvalue weighted by Gasteiger charge is -2.17. The topological polar surface area (TPSA) is 84.6 Å². The lowest BCUT2D eigenvalue weighted by Crippen LogP contribution is -2.20. The van der Waals surface area contributed by atoms with E-state index in [0.29, 0.717) is 12.8 Å². The molecule has 0 aliphatic heterocycles. The van der Waals surface area contributed by atoms with Gasteiger partial charge in [0, 0.05) is 24.8 Å². The molecule has 1 unspecified atom stereocenters. The average Bonchev–Trinajstić information content (AvgIpc) is 2.36. The summed E-state index contributed by atoms with van der Waals surface area (Å²) in [6.45, 7) is 1.82. The van der Waals surface area contributed by atoms with Crippen LogP contribution in [0.15, 0.2) is 12.1 Å². The number of ether oxygens (including phenoxy) is 1. The van der Waals surface area contributed by atoms with Gasteiger partial charge in [0.25, 0.3) is 0 Å². The van der Waals surface area contributed by atoms with Gasteiger partial charge in [0.05, 0.1) is 12.0 Å². The van der Waals surface area contributed by atoms with Crippen molar-refractivity contribution in [2.24, 2.45) is 0 Å². The Morgan fingerprint density at radius 2 is 2.26 bits per heavy atom. The van der Waals surface area contributed by atoms with Crippen molar-refractivity contribution in [2.45, 2.75) is 25.8 Å². The monoisotopic (exact) mass is 272 g/mol. The highest BCUT2D eigenvalue weighted by Crippen LogP contribution is 2.33. The van der Waals surface area contributed by atoms with Gasteiger partial charge >= 0.3 is 5.69 Å². The summed E-state index contributed by atoms with van der Waals surface area (Å²) < 4.78 is 18.6. The molecule has 0 bridgehead atoms. The van der Waals surface area contributed by atoms with Crippen molar-refractivity contribution in [3.63, 3.8) is 0 Å². The summed E-state index contributed by atoms with van der Waals surface area (Å²) in [5.41, 5.74) is -0.556. The van der Waals surface area contributed by atoms with Gasteiger partial charge in [-0.05, 0) is 12.8 Å². The molecule has 2 N–H and O–H groups in total. The Hall–Kier alpha value is -1.89.